The summed E-state index contributed by atoms with van der Waals surface area (Å²) < 4.78 is 0. The average Bonchev–Trinajstić information content (AvgIpc) is 2.20. The third kappa shape index (κ3) is 3.22. The van der Waals surface area contributed by atoms with Gasteiger partial charge in [-0.15, -0.1) is 0 Å². The minimum Gasteiger partial charge on any atom is -0.481 e. The predicted octanol–water partition coefficient (Wildman–Crippen LogP) is 2.52. The molecule has 0 aromatic rings. The maximum Gasteiger partial charge on any atom is 0.309 e. The third-order valence-electron chi connectivity index (χ3n) is 3.73. The summed E-state index contributed by atoms with van der Waals surface area (Å²) >= 11 is 0. The summed E-state index contributed by atoms with van der Waals surface area (Å²) in [5.74, 6) is -0.985. The van der Waals surface area contributed by atoms with Gasteiger partial charge in [-0.05, 0) is 44.4 Å². The van der Waals surface area contributed by atoms with Gasteiger partial charge in [-0.25, -0.2) is 0 Å². The van der Waals surface area contributed by atoms with E-state index >= 15 is 0 Å². The van der Waals surface area contributed by atoms with Crippen molar-refractivity contribution in [2.24, 2.45) is 11.3 Å². The number of hydrogen-bond acceptors (Lipinski definition) is 2. The lowest BCUT2D eigenvalue weighted by molar-refractivity contribution is -0.152. The van der Waals surface area contributed by atoms with Crippen LogP contribution in [0.25, 0.3) is 0 Å². The molecule has 1 saturated carbocycles. The first-order valence-corrected chi connectivity index (χ1v) is 5.91. The van der Waals surface area contributed by atoms with Crippen LogP contribution in [0.1, 0.15) is 51.9 Å². The van der Waals surface area contributed by atoms with Gasteiger partial charge in [0.15, 0.2) is 0 Å². The first-order valence-electron chi connectivity index (χ1n) is 5.91. The molecule has 0 radical (unpaired) electrons. The topological polar surface area (TPSA) is 74.6 Å². The van der Waals surface area contributed by atoms with Gasteiger partial charge >= 0.3 is 11.9 Å². The molecular weight excluding hydrogens is 208 g/mol. The summed E-state index contributed by atoms with van der Waals surface area (Å²) in [4.78, 5) is 21.7. The van der Waals surface area contributed by atoms with E-state index in [2.05, 4.69) is 6.92 Å². The zero-order valence-corrected chi connectivity index (χ0v) is 9.74. The summed E-state index contributed by atoms with van der Waals surface area (Å²) in [5.41, 5.74) is -0.651. The van der Waals surface area contributed by atoms with Gasteiger partial charge in [0, 0.05) is 6.42 Å². The Morgan fingerprint density at radius 2 is 1.81 bits per heavy atom. The lowest BCUT2D eigenvalue weighted by Crippen LogP contribution is -2.35. The van der Waals surface area contributed by atoms with Gasteiger partial charge in [0.05, 0.1) is 5.41 Å². The molecule has 0 aromatic carbocycles. The Bertz CT molecular complexity index is 264. The van der Waals surface area contributed by atoms with E-state index < -0.39 is 17.4 Å². The Hall–Kier alpha value is -1.06. The van der Waals surface area contributed by atoms with Gasteiger partial charge in [0.2, 0.25) is 0 Å². The van der Waals surface area contributed by atoms with Crippen LogP contribution in [0.15, 0.2) is 0 Å². The molecule has 0 aliphatic heterocycles. The standard InChI is InChI=1S/C12H20O4/c1-9-4-7-12(8-5-9,11(15)16)6-2-3-10(13)14/h9H,2-8H2,1H3,(H,13,14)(H,15,16). The number of aliphatic carboxylic acids is 2. The van der Waals surface area contributed by atoms with Crippen molar-refractivity contribution in [3.05, 3.63) is 0 Å². The SMILES string of the molecule is CC1CCC(CCCC(=O)O)(C(=O)O)CC1. The van der Waals surface area contributed by atoms with E-state index in [0.29, 0.717) is 31.6 Å². The van der Waals surface area contributed by atoms with Crippen LogP contribution in [0.3, 0.4) is 0 Å². The summed E-state index contributed by atoms with van der Waals surface area (Å²) in [6.07, 6.45) is 4.33. The van der Waals surface area contributed by atoms with Crippen LogP contribution in [-0.4, -0.2) is 22.2 Å². The van der Waals surface area contributed by atoms with E-state index in [4.69, 9.17) is 5.11 Å². The third-order valence-corrected chi connectivity index (χ3v) is 3.73. The Morgan fingerprint density at radius 3 is 2.25 bits per heavy atom. The summed E-state index contributed by atoms with van der Waals surface area (Å²) in [6.45, 7) is 2.14. The number of carboxylic acids is 2. The van der Waals surface area contributed by atoms with E-state index in [1.54, 1.807) is 0 Å². The van der Waals surface area contributed by atoms with E-state index in [-0.39, 0.29) is 6.42 Å². The molecule has 0 amide bonds. The molecule has 92 valence electrons. The summed E-state index contributed by atoms with van der Waals surface area (Å²) in [7, 11) is 0. The van der Waals surface area contributed by atoms with E-state index in [1.165, 1.54) is 0 Å². The van der Waals surface area contributed by atoms with Crippen LogP contribution in [0.2, 0.25) is 0 Å². The minimum absolute atomic E-state index is 0.0740. The van der Waals surface area contributed by atoms with Crippen LogP contribution in [0.4, 0.5) is 0 Å². The fourth-order valence-electron chi connectivity index (χ4n) is 2.46. The Kier molecular flexibility index (Phi) is 4.33. The van der Waals surface area contributed by atoms with Crippen molar-refractivity contribution in [3.8, 4) is 0 Å². The highest BCUT2D eigenvalue weighted by Gasteiger charge is 2.40. The minimum atomic E-state index is -0.843. The molecule has 0 saturated heterocycles. The lowest BCUT2D eigenvalue weighted by atomic mass is 9.68. The summed E-state index contributed by atoms with van der Waals surface area (Å²) in [5, 5.41) is 17.9. The molecule has 0 spiro atoms. The second-order valence-corrected chi connectivity index (χ2v) is 5.02. The molecule has 4 nitrogen and oxygen atoms in total. The Balaban J connectivity index is 2.53. The van der Waals surface area contributed by atoms with E-state index in [1.807, 2.05) is 0 Å². The second kappa shape index (κ2) is 5.32. The van der Waals surface area contributed by atoms with E-state index in [0.717, 1.165) is 12.8 Å². The quantitative estimate of drug-likeness (QED) is 0.758. The average molecular weight is 228 g/mol. The molecule has 1 rings (SSSR count). The smallest absolute Gasteiger partial charge is 0.309 e. The molecule has 16 heavy (non-hydrogen) atoms. The van der Waals surface area contributed by atoms with Gasteiger partial charge in [0.25, 0.3) is 0 Å². The van der Waals surface area contributed by atoms with Gasteiger partial charge < -0.3 is 10.2 Å². The Morgan fingerprint density at radius 1 is 1.25 bits per heavy atom. The maximum atomic E-state index is 11.3. The molecule has 0 atom stereocenters. The normalized spacial score (nSPS) is 29.9. The van der Waals surface area contributed by atoms with Crippen molar-refractivity contribution in [1.82, 2.24) is 0 Å². The fourth-order valence-corrected chi connectivity index (χ4v) is 2.46. The molecule has 4 heteroatoms. The van der Waals surface area contributed by atoms with Crippen molar-refractivity contribution in [1.29, 1.82) is 0 Å². The molecule has 0 aromatic heterocycles. The van der Waals surface area contributed by atoms with Crippen LogP contribution in [0, 0.1) is 11.3 Å². The second-order valence-electron chi connectivity index (χ2n) is 5.02. The molecule has 0 unspecified atom stereocenters. The first kappa shape index (κ1) is 13.0. The number of rotatable bonds is 5. The number of carbonyl (C=O) groups is 2. The number of hydrogen-bond donors (Lipinski definition) is 2. The highest BCUT2D eigenvalue weighted by atomic mass is 16.4. The number of carboxylic acid groups (broad SMARTS) is 2. The fraction of sp³-hybridized carbons (Fsp3) is 0.833. The molecule has 1 aliphatic carbocycles. The molecule has 1 fully saturated rings. The highest BCUT2D eigenvalue weighted by molar-refractivity contribution is 5.75. The largest absolute Gasteiger partial charge is 0.481 e. The zero-order valence-electron chi connectivity index (χ0n) is 9.74. The molecule has 0 bridgehead atoms. The van der Waals surface area contributed by atoms with Gasteiger partial charge in [0.1, 0.15) is 0 Å². The molecule has 2 N–H and O–H groups in total. The van der Waals surface area contributed by atoms with Crippen LogP contribution >= 0.6 is 0 Å². The first-order chi connectivity index (χ1) is 7.46. The van der Waals surface area contributed by atoms with Crippen molar-refractivity contribution in [3.63, 3.8) is 0 Å². The van der Waals surface area contributed by atoms with Crippen molar-refractivity contribution in [2.75, 3.05) is 0 Å². The molecule has 0 heterocycles. The van der Waals surface area contributed by atoms with Crippen molar-refractivity contribution in [2.45, 2.75) is 51.9 Å². The summed E-state index contributed by atoms with van der Waals surface area (Å²) in [6, 6.07) is 0. The lowest BCUT2D eigenvalue weighted by Gasteiger charge is -2.35. The van der Waals surface area contributed by atoms with Gasteiger partial charge in [-0.1, -0.05) is 6.92 Å². The molecule has 1 aliphatic rings. The van der Waals surface area contributed by atoms with Crippen LogP contribution in [0.5, 0.6) is 0 Å². The van der Waals surface area contributed by atoms with E-state index in [9.17, 15) is 14.7 Å². The Labute approximate surface area is 95.7 Å². The predicted molar refractivity (Wildman–Crippen MR) is 59.2 cm³/mol. The van der Waals surface area contributed by atoms with Gasteiger partial charge in [-0.2, -0.15) is 0 Å². The van der Waals surface area contributed by atoms with Crippen LogP contribution in [-0.2, 0) is 9.59 Å². The van der Waals surface area contributed by atoms with Crippen molar-refractivity contribution >= 4 is 11.9 Å². The van der Waals surface area contributed by atoms with Crippen LogP contribution < -0.4 is 0 Å². The van der Waals surface area contributed by atoms with Crippen molar-refractivity contribution < 1.29 is 19.8 Å². The highest BCUT2D eigenvalue weighted by Crippen LogP contribution is 2.42. The molecular formula is C12H20O4. The monoisotopic (exact) mass is 228 g/mol. The maximum absolute atomic E-state index is 11.3. The van der Waals surface area contributed by atoms with Gasteiger partial charge in [-0.3, -0.25) is 9.59 Å². The zero-order chi connectivity index (χ0) is 12.2.